The Morgan fingerprint density at radius 3 is 2.82 bits per heavy atom. The van der Waals surface area contributed by atoms with Gasteiger partial charge in [-0.2, -0.15) is 8.78 Å². The van der Waals surface area contributed by atoms with Crippen LogP contribution in [0.4, 0.5) is 13.2 Å². The van der Waals surface area contributed by atoms with E-state index in [0.717, 1.165) is 5.56 Å². The first-order valence-corrected chi connectivity index (χ1v) is 7.81. The molecule has 0 radical (unpaired) electrons. The van der Waals surface area contributed by atoms with Gasteiger partial charge in [0.1, 0.15) is 0 Å². The minimum absolute atomic E-state index is 0.104. The number of benzene rings is 1. The number of rotatable bonds is 6. The van der Waals surface area contributed by atoms with E-state index in [4.69, 9.17) is 0 Å². The SMILES string of the molecule is FC(F)OCCSc1nc2n(n1)[C@H](c1ccccc1)C[C@@H]2F. The lowest BCUT2D eigenvalue weighted by Crippen LogP contribution is -2.07. The second kappa shape index (κ2) is 6.70. The lowest BCUT2D eigenvalue weighted by Gasteiger charge is -2.11. The highest BCUT2D eigenvalue weighted by Gasteiger charge is 2.35. The molecule has 0 aliphatic carbocycles. The van der Waals surface area contributed by atoms with Gasteiger partial charge >= 0.3 is 6.61 Å². The fraction of sp³-hybridized carbons (Fsp3) is 0.429. The van der Waals surface area contributed by atoms with Crippen LogP contribution in [0.1, 0.15) is 30.0 Å². The zero-order valence-corrected chi connectivity index (χ0v) is 12.3. The Morgan fingerprint density at radius 1 is 1.32 bits per heavy atom. The van der Waals surface area contributed by atoms with Crippen molar-refractivity contribution in [2.45, 2.75) is 30.4 Å². The summed E-state index contributed by atoms with van der Waals surface area (Å²) >= 11 is 1.18. The maximum absolute atomic E-state index is 14.1. The second-order valence-electron chi connectivity index (χ2n) is 4.81. The van der Waals surface area contributed by atoms with Crippen LogP contribution in [0.15, 0.2) is 35.5 Å². The Balaban J connectivity index is 1.70. The Labute approximate surface area is 129 Å². The van der Waals surface area contributed by atoms with Crippen molar-refractivity contribution in [3.8, 4) is 0 Å². The summed E-state index contributed by atoms with van der Waals surface area (Å²) in [6.45, 7) is -2.88. The third-order valence-electron chi connectivity index (χ3n) is 3.39. The summed E-state index contributed by atoms with van der Waals surface area (Å²) in [6, 6.07) is 9.38. The molecule has 1 aliphatic heterocycles. The van der Waals surface area contributed by atoms with Crippen molar-refractivity contribution in [1.82, 2.24) is 14.8 Å². The third-order valence-corrected chi connectivity index (χ3v) is 4.19. The first-order chi connectivity index (χ1) is 10.6. The van der Waals surface area contributed by atoms with Gasteiger partial charge in [0.25, 0.3) is 0 Å². The zero-order chi connectivity index (χ0) is 15.5. The van der Waals surface area contributed by atoms with Gasteiger partial charge in [0.05, 0.1) is 12.6 Å². The zero-order valence-electron chi connectivity index (χ0n) is 11.5. The molecule has 0 saturated heterocycles. The van der Waals surface area contributed by atoms with E-state index in [9.17, 15) is 13.2 Å². The maximum atomic E-state index is 14.1. The lowest BCUT2D eigenvalue weighted by molar-refractivity contribution is -0.123. The highest BCUT2D eigenvalue weighted by atomic mass is 32.2. The first-order valence-electron chi connectivity index (χ1n) is 6.83. The van der Waals surface area contributed by atoms with E-state index >= 15 is 0 Å². The molecule has 0 bridgehead atoms. The fourth-order valence-electron chi connectivity index (χ4n) is 2.44. The summed E-state index contributed by atoms with van der Waals surface area (Å²) in [7, 11) is 0. The standard InChI is InChI=1S/C14H14F3N3OS/c15-10-8-11(9-4-2-1-3-5-9)20-12(10)18-14(19-20)22-7-6-21-13(16)17/h1-5,10-11,13H,6-8H2/t10-,11-/m0/s1. The first kappa shape index (κ1) is 15.4. The lowest BCUT2D eigenvalue weighted by atomic mass is 10.0. The average molecular weight is 329 g/mol. The summed E-state index contributed by atoms with van der Waals surface area (Å²) in [5, 5.41) is 4.69. The molecule has 4 nitrogen and oxygen atoms in total. The van der Waals surface area contributed by atoms with Gasteiger partial charge in [-0.05, 0) is 5.56 Å². The molecule has 0 unspecified atom stereocenters. The number of aromatic nitrogens is 3. The monoisotopic (exact) mass is 329 g/mol. The molecule has 1 aromatic heterocycles. The van der Waals surface area contributed by atoms with Crippen LogP contribution >= 0.6 is 11.8 Å². The molecular formula is C14H14F3N3OS. The molecule has 1 aliphatic rings. The van der Waals surface area contributed by atoms with E-state index < -0.39 is 12.8 Å². The normalized spacial score (nSPS) is 20.5. The molecule has 8 heteroatoms. The number of nitrogens with zero attached hydrogens (tertiary/aromatic N) is 3. The van der Waals surface area contributed by atoms with Crippen molar-refractivity contribution in [2.24, 2.45) is 0 Å². The van der Waals surface area contributed by atoms with E-state index in [0.29, 0.717) is 23.2 Å². The molecule has 1 aromatic carbocycles. The van der Waals surface area contributed by atoms with Gasteiger partial charge in [-0.25, -0.2) is 14.1 Å². The van der Waals surface area contributed by atoms with Crippen molar-refractivity contribution >= 4 is 11.8 Å². The van der Waals surface area contributed by atoms with Crippen LogP contribution in [0.5, 0.6) is 0 Å². The van der Waals surface area contributed by atoms with Crippen LogP contribution in [0.3, 0.4) is 0 Å². The molecule has 2 atom stereocenters. The molecule has 2 heterocycles. The topological polar surface area (TPSA) is 39.9 Å². The second-order valence-corrected chi connectivity index (χ2v) is 5.87. The number of halogens is 3. The molecule has 2 aromatic rings. The number of thioether (sulfide) groups is 1. The third kappa shape index (κ3) is 3.27. The predicted octanol–water partition coefficient (Wildman–Crippen LogP) is 3.61. The predicted molar refractivity (Wildman–Crippen MR) is 75.7 cm³/mol. The van der Waals surface area contributed by atoms with Crippen LogP contribution in [-0.2, 0) is 4.74 Å². The van der Waals surface area contributed by atoms with Gasteiger partial charge in [-0.1, -0.05) is 42.1 Å². The van der Waals surface area contributed by atoms with Gasteiger partial charge in [0, 0.05) is 12.2 Å². The number of ether oxygens (including phenoxy) is 1. The molecule has 0 saturated carbocycles. The molecular weight excluding hydrogens is 315 g/mol. The van der Waals surface area contributed by atoms with E-state index in [1.54, 1.807) is 4.68 Å². The number of hydrogen-bond donors (Lipinski definition) is 0. The van der Waals surface area contributed by atoms with E-state index in [1.807, 2.05) is 30.3 Å². The Morgan fingerprint density at radius 2 is 2.09 bits per heavy atom. The van der Waals surface area contributed by atoms with E-state index in [1.165, 1.54) is 11.8 Å². The highest BCUT2D eigenvalue weighted by molar-refractivity contribution is 7.99. The molecule has 0 amide bonds. The Hall–Kier alpha value is -1.54. The number of alkyl halides is 3. The average Bonchev–Trinajstić information content (AvgIpc) is 3.05. The van der Waals surface area contributed by atoms with Gasteiger partial charge in [-0.15, -0.1) is 5.10 Å². The minimum atomic E-state index is -2.78. The smallest absolute Gasteiger partial charge is 0.322 e. The highest BCUT2D eigenvalue weighted by Crippen LogP contribution is 2.40. The van der Waals surface area contributed by atoms with Gasteiger partial charge in [0.2, 0.25) is 5.16 Å². The van der Waals surface area contributed by atoms with Gasteiger partial charge in [-0.3, -0.25) is 0 Å². The maximum Gasteiger partial charge on any atom is 0.345 e. The summed E-state index contributed by atoms with van der Waals surface area (Å²) < 4.78 is 43.6. The molecule has 0 fully saturated rings. The molecule has 0 N–H and O–H groups in total. The van der Waals surface area contributed by atoms with Crippen molar-refractivity contribution < 1.29 is 17.9 Å². The Kier molecular flexibility index (Phi) is 4.68. The van der Waals surface area contributed by atoms with Crippen molar-refractivity contribution in [1.29, 1.82) is 0 Å². The van der Waals surface area contributed by atoms with Crippen molar-refractivity contribution in [3.05, 3.63) is 41.7 Å². The van der Waals surface area contributed by atoms with Crippen LogP contribution in [0.2, 0.25) is 0 Å². The van der Waals surface area contributed by atoms with Gasteiger partial charge in [0.15, 0.2) is 12.0 Å². The quantitative estimate of drug-likeness (QED) is 0.599. The summed E-state index contributed by atoms with van der Waals surface area (Å²) in [5.41, 5.74) is 0.978. The van der Waals surface area contributed by atoms with Crippen molar-refractivity contribution in [3.63, 3.8) is 0 Å². The molecule has 118 valence electrons. The van der Waals surface area contributed by atoms with Crippen LogP contribution in [-0.4, -0.2) is 33.7 Å². The van der Waals surface area contributed by atoms with Crippen LogP contribution in [0, 0.1) is 0 Å². The summed E-state index contributed by atoms with van der Waals surface area (Å²) in [4.78, 5) is 4.16. The molecule has 3 rings (SSSR count). The fourth-order valence-corrected chi connectivity index (χ4v) is 3.11. The van der Waals surface area contributed by atoms with Crippen LogP contribution < -0.4 is 0 Å². The Bertz CT molecular complexity index is 623. The molecule has 0 spiro atoms. The number of hydrogen-bond acceptors (Lipinski definition) is 4. The number of fused-ring (bicyclic) bond motifs is 1. The molecule has 22 heavy (non-hydrogen) atoms. The van der Waals surface area contributed by atoms with Crippen LogP contribution in [0.25, 0.3) is 0 Å². The largest absolute Gasteiger partial charge is 0.345 e. The minimum Gasteiger partial charge on any atom is -0.322 e. The summed E-state index contributed by atoms with van der Waals surface area (Å²) in [6.07, 6.45) is -0.844. The van der Waals surface area contributed by atoms with E-state index in [2.05, 4.69) is 14.8 Å². The summed E-state index contributed by atoms with van der Waals surface area (Å²) in [5.74, 6) is 0.590. The van der Waals surface area contributed by atoms with Crippen molar-refractivity contribution in [2.75, 3.05) is 12.4 Å². The van der Waals surface area contributed by atoms with Gasteiger partial charge < -0.3 is 4.74 Å². The van der Waals surface area contributed by atoms with E-state index in [-0.39, 0.29) is 12.6 Å².